The van der Waals surface area contributed by atoms with Crippen molar-refractivity contribution in [1.82, 2.24) is 30.6 Å². The molecule has 0 saturated carbocycles. The zero-order chi connectivity index (χ0) is 29.6. The minimum atomic E-state index is -1.04. The minimum absolute atomic E-state index is 0.0564. The van der Waals surface area contributed by atoms with Crippen LogP contribution < -0.4 is 10.6 Å². The third-order valence-corrected chi connectivity index (χ3v) is 6.79. The Hall–Kier alpha value is -5.32. The van der Waals surface area contributed by atoms with Crippen LogP contribution in [0, 0.1) is 5.82 Å². The molecule has 0 saturated heterocycles. The number of hydrogen-bond donors (Lipinski definition) is 3. The number of rotatable bonds is 10. The second kappa shape index (κ2) is 12.5. The fourth-order valence-electron chi connectivity index (χ4n) is 4.83. The first-order chi connectivity index (χ1) is 20.3. The molecule has 2 aromatic heterocycles. The number of methoxy groups -OCH3 is 1. The van der Waals surface area contributed by atoms with Crippen LogP contribution in [0.4, 0.5) is 4.39 Å². The van der Waals surface area contributed by atoms with Gasteiger partial charge in [0.1, 0.15) is 23.6 Å². The van der Waals surface area contributed by atoms with E-state index in [1.165, 1.54) is 37.2 Å². The predicted molar refractivity (Wildman–Crippen MR) is 154 cm³/mol. The number of nitrogens with zero attached hydrogens (tertiary/aromatic N) is 3. The number of H-pyrrole nitrogens is 1. The van der Waals surface area contributed by atoms with E-state index in [4.69, 9.17) is 4.74 Å². The highest BCUT2D eigenvalue weighted by Crippen LogP contribution is 2.27. The first kappa shape index (κ1) is 28.2. The highest BCUT2D eigenvalue weighted by atomic mass is 19.1. The Balaban J connectivity index is 1.47. The minimum Gasteiger partial charge on any atom is -0.467 e. The summed E-state index contributed by atoms with van der Waals surface area (Å²) in [6, 6.07) is 20.7. The summed E-state index contributed by atoms with van der Waals surface area (Å²) in [4.78, 5) is 43.1. The summed E-state index contributed by atoms with van der Waals surface area (Å²) in [5.74, 6) is -1.49. The third-order valence-electron chi connectivity index (χ3n) is 6.79. The zero-order valence-electron chi connectivity index (χ0n) is 23.0. The molecule has 0 radical (unpaired) electrons. The molecule has 214 valence electrons. The van der Waals surface area contributed by atoms with E-state index in [2.05, 4.69) is 25.8 Å². The molecule has 10 nitrogen and oxygen atoms in total. The predicted octanol–water partition coefficient (Wildman–Crippen LogP) is 3.50. The van der Waals surface area contributed by atoms with Crippen LogP contribution in [0.15, 0.2) is 85.1 Å². The lowest BCUT2D eigenvalue weighted by atomic mass is 10.0. The molecule has 2 atom stereocenters. The van der Waals surface area contributed by atoms with Gasteiger partial charge in [-0.05, 0) is 23.8 Å². The fourth-order valence-corrected chi connectivity index (χ4v) is 4.83. The SMILES string of the molecule is COC(=O)[C@H](Cc1ccccc1)NC(=O)[C@H](Cc1c(-n2ncc(-c3cccc(F)c3)n2)[nH]c2ccccc12)NC(C)=O. The molecule has 3 N–H and O–H groups in total. The van der Waals surface area contributed by atoms with Crippen LogP contribution in [0.5, 0.6) is 0 Å². The third kappa shape index (κ3) is 6.35. The summed E-state index contributed by atoms with van der Waals surface area (Å²) < 4.78 is 18.8. The second-order valence-electron chi connectivity index (χ2n) is 9.76. The molecule has 5 rings (SSSR count). The number of carbonyl (C=O) groups is 3. The fraction of sp³-hybridized carbons (Fsp3) is 0.194. The van der Waals surface area contributed by atoms with Crippen LogP contribution in [-0.4, -0.2) is 57.0 Å². The molecule has 0 aliphatic rings. The lowest BCUT2D eigenvalue weighted by Crippen LogP contribution is -2.53. The van der Waals surface area contributed by atoms with E-state index < -0.39 is 35.7 Å². The van der Waals surface area contributed by atoms with Gasteiger partial charge in [-0.1, -0.05) is 60.7 Å². The van der Waals surface area contributed by atoms with E-state index in [0.29, 0.717) is 22.6 Å². The highest BCUT2D eigenvalue weighted by molar-refractivity contribution is 5.92. The molecule has 0 fully saturated rings. The number of nitrogens with one attached hydrogen (secondary N) is 3. The monoisotopic (exact) mass is 568 g/mol. The van der Waals surface area contributed by atoms with Crippen LogP contribution in [0.25, 0.3) is 28.0 Å². The molecule has 3 aromatic carbocycles. The molecular formula is C31H29FN6O4. The maximum absolute atomic E-state index is 13.8. The smallest absolute Gasteiger partial charge is 0.328 e. The number of amides is 2. The molecule has 2 amide bonds. The van der Waals surface area contributed by atoms with Crippen molar-refractivity contribution in [3.63, 3.8) is 0 Å². The van der Waals surface area contributed by atoms with Crippen molar-refractivity contribution < 1.29 is 23.5 Å². The van der Waals surface area contributed by atoms with Gasteiger partial charge in [0.25, 0.3) is 0 Å². The van der Waals surface area contributed by atoms with Crippen LogP contribution in [0.3, 0.4) is 0 Å². The van der Waals surface area contributed by atoms with E-state index in [1.54, 1.807) is 12.1 Å². The Morgan fingerprint density at radius 1 is 0.952 bits per heavy atom. The number of para-hydroxylation sites is 1. The van der Waals surface area contributed by atoms with E-state index in [1.807, 2.05) is 54.6 Å². The first-order valence-electron chi connectivity index (χ1n) is 13.3. The van der Waals surface area contributed by atoms with Crippen LogP contribution in [0.2, 0.25) is 0 Å². The molecule has 5 aromatic rings. The molecular weight excluding hydrogens is 539 g/mol. The van der Waals surface area contributed by atoms with Gasteiger partial charge in [0.05, 0.1) is 13.3 Å². The standard InChI is InChI=1S/C31H29FN6O4/c1-19(39)34-26(30(40)36-27(31(41)42-2)15-20-9-4-3-5-10-20)17-24-23-13-6-7-14-25(23)35-29(24)38-33-18-28(37-38)21-11-8-12-22(32)16-21/h3-14,16,18,26-27,35H,15,17H2,1-2H3,(H,34,39)(H,36,40)/t26-,27-/m0/s1. The van der Waals surface area contributed by atoms with Crippen molar-refractivity contribution in [2.24, 2.45) is 0 Å². The molecule has 42 heavy (non-hydrogen) atoms. The molecule has 0 aliphatic carbocycles. The summed E-state index contributed by atoms with van der Waals surface area (Å²) in [5.41, 5.74) is 3.28. The quantitative estimate of drug-likeness (QED) is 0.221. The summed E-state index contributed by atoms with van der Waals surface area (Å²) in [6.07, 6.45) is 1.79. The van der Waals surface area contributed by atoms with Crippen LogP contribution in [0.1, 0.15) is 18.1 Å². The molecule has 2 heterocycles. The lowest BCUT2D eigenvalue weighted by Gasteiger charge is -2.22. The average Bonchev–Trinajstić information content (AvgIpc) is 3.62. The number of esters is 1. The van der Waals surface area contributed by atoms with Gasteiger partial charge in [0.2, 0.25) is 11.8 Å². The van der Waals surface area contributed by atoms with Crippen molar-refractivity contribution in [2.45, 2.75) is 31.8 Å². The van der Waals surface area contributed by atoms with E-state index in [0.717, 1.165) is 16.5 Å². The maximum atomic E-state index is 13.8. The Morgan fingerprint density at radius 3 is 2.45 bits per heavy atom. The number of ether oxygens (including phenoxy) is 1. The number of halogens is 1. The van der Waals surface area contributed by atoms with E-state index in [9.17, 15) is 18.8 Å². The van der Waals surface area contributed by atoms with Crippen molar-refractivity contribution in [3.05, 3.63) is 102 Å². The number of aromatic nitrogens is 4. The molecule has 0 aliphatic heterocycles. The summed E-state index contributed by atoms with van der Waals surface area (Å²) >= 11 is 0. The van der Waals surface area contributed by atoms with Gasteiger partial charge in [0.15, 0.2) is 5.82 Å². The Labute approximate surface area is 240 Å². The topological polar surface area (TPSA) is 131 Å². The summed E-state index contributed by atoms with van der Waals surface area (Å²) in [7, 11) is 1.26. The normalized spacial score (nSPS) is 12.5. The van der Waals surface area contributed by atoms with Gasteiger partial charge < -0.3 is 20.4 Å². The molecule has 11 heteroatoms. The average molecular weight is 569 g/mol. The van der Waals surface area contributed by atoms with E-state index >= 15 is 0 Å². The first-order valence-corrected chi connectivity index (χ1v) is 13.3. The van der Waals surface area contributed by atoms with Crippen LogP contribution in [-0.2, 0) is 32.0 Å². The van der Waals surface area contributed by atoms with Gasteiger partial charge in [-0.15, -0.1) is 9.90 Å². The van der Waals surface area contributed by atoms with Gasteiger partial charge in [-0.25, -0.2) is 9.18 Å². The van der Waals surface area contributed by atoms with Crippen molar-refractivity contribution >= 4 is 28.7 Å². The molecule has 0 unspecified atom stereocenters. The number of aromatic amines is 1. The number of benzene rings is 3. The van der Waals surface area contributed by atoms with Gasteiger partial charge in [-0.3, -0.25) is 9.59 Å². The summed E-state index contributed by atoms with van der Waals surface area (Å²) in [6.45, 7) is 1.32. The van der Waals surface area contributed by atoms with Gasteiger partial charge in [-0.2, -0.15) is 5.10 Å². The summed E-state index contributed by atoms with van der Waals surface area (Å²) in [5, 5.41) is 15.2. The van der Waals surface area contributed by atoms with E-state index in [-0.39, 0.29) is 12.8 Å². The van der Waals surface area contributed by atoms with Crippen molar-refractivity contribution in [2.75, 3.05) is 7.11 Å². The Morgan fingerprint density at radius 2 is 1.71 bits per heavy atom. The lowest BCUT2D eigenvalue weighted by molar-refractivity contribution is -0.145. The second-order valence-corrected chi connectivity index (χ2v) is 9.76. The van der Waals surface area contributed by atoms with Crippen LogP contribution >= 0.6 is 0 Å². The van der Waals surface area contributed by atoms with Crippen molar-refractivity contribution in [3.8, 4) is 17.1 Å². The maximum Gasteiger partial charge on any atom is 0.328 e. The number of carbonyl (C=O) groups excluding carboxylic acids is 3. The number of fused-ring (bicyclic) bond motifs is 1. The van der Waals surface area contributed by atoms with Gasteiger partial charge in [0, 0.05) is 41.8 Å². The largest absolute Gasteiger partial charge is 0.467 e. The molecule has 0 spiro atoms. The Kier molecular flexibility index (Phi) is 8.37. The van der Waals surface area contributed by atoms with Crippen molar-refractivity contribution in [1.29, 1.82) is 0 Å². The van der Waals surface area contributed by atoms with Gasteiger partial charge >= 0.3 is 5.97 Å². The highest BCUT2D eigenvalue weighted by Gasteiger charge is 2.29. The zero-order valence-corrected chi connectivity index (χ0v) is 23.0. The Bertz CT molecular complexity index is 1730. The molecule has 0 bridgehead atoms. The number of hydrogen-bond acceptors (Lipinski definition) is 6.